The Hall–Kier alpha value is -6.44. The molecule has 64 heavy (non-hydrogen) atoms. The van der Waals surface area contributed by atoms with Gasteiger partial charge in [-0.1, -0.05) is 0 Å². The van der Waals surface area contributed by atoms with Gasteiger partial charge in [-0.05, 0) is 0 Å². The fourth-order valence-corrected chi connectivity index (χ4v) is 22.4. The molecule has 1 aliphatic heterocycles. The van der Waals surface area contributed by atoms with Crippen LogP contribution in [0.15, 0.2) is 247 Å². The normalized spacial score (nSPS) is 17.1. The average Bonchev–Trinajstić information content (AvgIpc) is 3.31. The molecule has 3 N–H and O–H groups in total. The second-order valence-electron chi connectivity index (χ2n) is 14.1. The van der Waals surface area contributed by atoms with E-state index in [0.717, 1.165) is 0 Å². The number of para-hydroxylation sites is 8. The van der Waals surface area contributed by atoms with Crippen molar-refractivity contribution in [1.29, 1.82) is 0 Å². The van der Waals surface area contributed by atoms with E-state index in [1.54, 1.807) is 0 Å². The topological polar surface area (TPSA) is 122 Å². The van der Waals surface area contributed by atoms with Gasteiger partial charge in [0.15, 0.2) is 0 Å². The first-order valence-corrected chi connectivity index (χ1v) is 27.4. The van der Waals surface area contributed by atoms with Gasteiger partial charge in [0.05, 0.1) is 0 Å². The molecule has 1 aliphatic rings. The number of benzene rings is 8. The molecule has 12 nitrogen and oxygen atoms in total. The summed E-state index contributed by atoms with van der Waals surface area (Å²) in [6.07, 6.45) is 0. The van der Waals surface area contributed by atoms with Gasteiger partial charge < -0.3 is 0 Å². The van der Waals surface area contributed by atoms with Crippen molar-refractivity contribution in [3.05, 3.63) is 243 Å². The number of hydrogen-bond donors (Lipinski definition) is 3. The number of nitrogens with one attached hydrogen (secondary N) is 3. The summed E-state index contributed by atoms with van der Waals surface area (Å²) in [4.78, 5) is 11.2. The van der Waals surface area contributed by atoms with Crippen molar-refractivity contribution < 1.29 is 36.2 Å². The summed E-state index contributed by atoms with van der Waals surface area (Å²) in [7, 11) is -17.8. The summed E-state index contributed by atoms with van der Waals surface area (Å²) < 4.78 is 63.3. The molecule has 0 saturated carbocycles. The van der Waals surface area contributed by atoms with Gasteiger partial charge in [-0.2, -0.15) is 0 Å². The molecule has 0 bridgehead atoms. The third-order valence-electron chi connectivity index (χ3n) is 9.17. The van der Waals surface area contributed by atoms with Gasteiger partial charge >= 0.3 is 376 Å². The molecule has 326 valence electrons. The summed E-state index contributed by atoms with van der Waals surface area (Å²) in [5, 5.41) is 0. The zero-order valence-electron chi connectivity index (χ0n) is 34.3. The Labute approximate surface area is 374 Å². The first-order valence-electron chi connectivity index (χ1n) is 20.4. The first-order chi connectivity index (χ1) is 31.5. The van der Waals surface area contributed by atoms with Crippen molar-refractivity contribution in [2.24, 2.45) is 4.52 Å². The van der Waals surface area contributed by atoms with Crippen LogP contribution < -0.4 is 50.8 Å². The Morgan fingerprint density at radius 1 is 0.281 bits per heavy atom. The van der Waals surface area contributed by atoms with Crippen LogP contribution in [-0.4, -0.2) is 0 Å². The molecule has 0 spiro atoms. The maximum atomic E-state index is 7.22. The van der Waals surface area contributed by atoms with Gasteiger partial charge in [-0.3, -0.25) is 0 Å². The molecule has 9 rings (SSSR count). The van der Waals surface area contributed by atoms with Crippen molar-refractivity contribution in [3.8, 4) is 46.0 Å². The van der Waals surface area contributed by atoms with Gasteiger partial charge in [-0.15, -0.1) is 0 Å². The third kappa shape index (κ3) is 11.2. The van der Waals surface area contributed by atoms with E-state index >= 15 is 0 Å². The second-order valence-corrected chi connectivity index (χ2v) is 24.1. The van der Waals surface area contributed by atoms with E-state index in [1.165, 1.54) is 0 Å². The summed E-state index contributed by atoms with van der Waals surface area (Å²) >= 11 is 0. The van der Waals surface area contributed by atoms with Gasteiger partial charge in [0.2, 0.25) is 0 Å². The number of nitrogens with zero attached hydrogens (tertiary/aromatic N) is 1. The number of rotatable bonds is 16. The quantitative estimate of drug-likeness (QED) is 0.0803. The molecule has 0 radical (unpaired) electrons. The molecule has 0 fully saturated rings. The van der Waals surface area contributed by atoms with Crippen LogP contribution in [0.2, 0.25) is 0 Å². The van der Waals surface area contributed by atoms with Crippen LogP contribution in [-0.2, 0) is 0 Å². The fraction of sp³-hybridized carbons (Fsp3) is 0. The van der Waals surface area contributed by atoms with E-state index in [0.29, 0.717) is 46.0 Å². The Bertz CT molecular complexity index is 2560. The van der Waals surface area contributed by atoms with Gasteiger partial charge in [0.1, 0.15) is 0 Å². The van der Waals surface area contributed by atoms with Crippen LogP contribution >= 0.6 is 31.7 Å². The fourth-order valence-electron chi connectivity index (χ4n) is 6.51. The van der Waals surface area contributed by atoms with Crippen LogP contribution in [0, 0.1) is 0 Å². The van der Waals surface area contributed by atoms with E-state index in [4.69, 9.17) is 40.7 Å². The Kier molecular flexibility index (Phi) is 13.4. The minimum absolute atomic E-state index is 0.429. The molecule has 0 atom stereocenters. The average molecular weight is 931 g/mol. The van der Waals surface area contributed by atoms with Crippen LogP contribution in [0.3, 0.4) is 0 Å². The van der Waals surface area contributed by atoms with E-state index < -0.39 is 31.7 Å². The zero-order valence-corrected chi connectivity index (χ0v) is 38.1. The van der Waals surface area contributed by atoms with Crippen molar-refractivity contribution in [2.45, 2.75) is 0 Å². The number of hydrogen-bond acceptors (Lipinski definition) is 12. The molecule has 0 saturated heterocycles. The van der Waals surface area contributed by atoms with Crippen molar-refractivity contribution >= 4 is 31.7 Å². The zero-order chi connectivity index (χ0) is 43.4. The second kappa shape index (κ2) is 19.9. The Morgan fingerprint density at radius 2 is 0.531 bits per heavy atom. The molecule has 8 aromatic carbocycles. The van der Waals surface area contributed by atoms with Crippen LogP contribution in [0.4, 0.5) is 0 Å². The third-order valence-corrected chi connectivity index (χ3v) is 22.8. The minimum atomic E-state index is -4.61. The van der Waals surface area contributed by atoms with Crippen molar-refractivity contribution in [2.75, 3.05) is 0 Å². The maximum absolute atomic E-state index is 7.22. The van der Waals surface area contributed by atoms with Gasteiger partial charge in [-0.25, -0.2) is 0 Å². The van der Waals surface area contributed by atoms with Gasteiger partial charge in [0.25, 0.3) is 0 Å². The predicted molar refractivity (Wildman–Crippen MR) is 260 cm³/mol. The SMILES string of the molecule is c1ccc(OP2(Oc3ccccc3)=N[PH](Oc3ccccc3)(Oc3ccccc3)N[PH](Oc3ccccc3)(Oc3ccccc3)N[PH](Oc3ccccc3)(Oc3ccccc3)N2)cc1. The van der Waals surface area contributed by atoms with E-state index in [9.17, 15) is 0 Å². The molecule has 0 aromatic heterocycles. The summed E-state index contributed by atoms with van der Waals surface area (Å²) in [5.41, 5.74) is 0. The van der Waals surface area contributed by atoms with Crippen molar-refractivity contribution in [3.63, 3.8) is 0 Å². The predicted octanol–water partition coefficient (Wildman–Crippen LogP) is 13.6. The molecule has 0 aliphatic carbocycles. The summed E-state index contributed by atoms with van der Waals surface area (Å²) in [5.74, 6) is 3.55. The summed E-state index contributed by atoms with van der Waals surface area (Å²) in [6, 6.07) is 74.4. The molecule has 0 unspecified atom stereocenters. The Morgan fingerprint density at radius 3 is 0.828 bits per heavy atom. The summed E-state index contributed by atoms with van der Waals surface area (Å²) in [6.45, 7) is 0. The van der Waals surface area contributed by atoms with E-state index in [1.807, 2.05) is 243 Å². The van der Waals surface area contributed by atoms with Gasteiger partial charge in [0, 0.05) is 0 Å². The molecule has 0 amide bonds. The molecular weight excluding hydrogens is 884 g/mol. The van der Waals surface area contributed by atoms with E-state index in [-0.39, 0.29) is 0 Å². The standard InChI is InChI=1S/C48H46N4O8P4/c1-9-25-41(26-10-1)53-61(54-42-27-11-2-12-28-42)49-62(55-43-29-13-3-14-30-43,56-44-31-15-4-16-32-44)51-64(59-47-37-21-7-22-38-47,60-48-39-23-8-24-40-48)52-63(50-61,57-45-33-17-5-18-34-45)58-46-35-19-6-20-36-46/h1-40,49-51,61-63H. The van der Waals surface area contributed by atoms with Crippen LogP contribution in [0.25, 0.3) is 0 Å². The monoisotopic (exact) mass is 930 g/mol. The Balaban J connectivity index is 1.39. The van der Waals surface area contributed by atoms with Crippen LogP contribution in [0.5, 0.6) is 46.0 Å². The van der Waals surface area contributed by atoms with Crippen molar-refractivity contribution in [1.82, 2.24) is 14.6 Å². The molecule has 8 aromatic rings. The van der Waals surface area contributed by atoms with E-state index in [2.05, 4.69) is 14.6 Å². The first kappa shape index (κ1) is 42.8. The molecular formula is C48H46N4O8P4. The van der Waals surface area contributed by atoms with Crippen LogP contribution in [0.1, 0.15) is 0 Å². The molecule has 1 heterocycles. The molecule has 16 heteroatoms.